The molecule has 0 spiro atoms. The topological polar surface area (TPSA) is 38.3 Å². The molecule has 0 saturated carbocycles. The Labute approximate surface area is 220 Å². The van der Waals surface area contributed by atoms with Gasteiger partial charge < -0.3 is 10.1 Å². The average Bonchev–Trinajstić information content (AvgIpc) is 3.66. The highest BCUT2D eigenvalue weighted by molar-refractivity contribution is 7.27. The zero-order valence-electron chi connectivity index (χ0n) is 20.5. The molecule has 0 radical (unpaired) electrons. The SMILES string of the molecule is CCCCCCCCCNc1cc(C(=O)OC)cc(-c2ccc(-c3ccc(-c4cccs4)s3)s2)c1. The molecule has 0 unspecified atom stereocenters. The third kappa shape index (κ3) is 7.06. The fourth-order valence-electron chi connectivity index (χ4n) is 4.07. The normalized spacial score (nSPS) is 11.0. The van der Waals surface area contributed by atoms with Crippen LogP contribution >= 0.6 is 34.0 Å². The molecule has 0 amide bonds. The van der Waals surface area contributed by atoms with Crippen molar-refractivity contribution in [2.45, 2.75) is 51.9 Å². The van der Waals surface area contributed by atoms with Crippen molar-refractivity contribution in [3.8, 4) is 29.9 Å². The fourth-order valence-corrected chi connectivity index (χ4v) is 6.99. The van der Waals surface area contributed by atoms with E-state index in [1.807, 2.05) is 23.5 Å². The molecule has 4 aromatic rings. The molecule has 0 bridgehead atoms. The highest BCUT2D eigenvalue weighted by Crippen LogP contribution is 2.41. The summed E-state index contributed by atoms with van der Waals surface area (Å²) in [4.78, 5) is 18.6. The van der Waals surface area contributed by atoms with Gasteiger partial charge in [-0.3, -0.25) is 0 Å². The first-order valence-electron chi connectivity index (χ1n) is 12.4. The summed E-state index contributed by atoms with van der Waals surface area (Å²) < 4.78 is 5.02. The van der Waals surface area contributed by atoms with Crippen molar-refractivity contribution in [1.82, 2.24) is 0 Å². The number of unbranched alkanes of at least 4 members (excludes halogenated alkanes) is 6. The number of methoxy groups -OCH3 is 1. The summed E-state index contributed by atoms with van der Waals surface area (Å²) >= 11 is 5.36. The van der Waals surface area contributed by atoms with Gasteiger partial charge in [0.15, 0.2) is 0 Å². The molecule has 0 aliphatic heterocycles. The number of anilines is 1. The van der Waals surface area contributed by atoms with E-state index >= 15 is 0 Å². The first kappa shape index (κ1) is 25.7. The molecule has 3 heterocycles. The second-order valence-electron chi connectivity index (χ2n) is 8.64. The highest BCUT2D eigenvalue weighted by Gasteiger charge is 2.13. The molecule has 0 aliphatic carbocycles. The summed E-state index contributed by atoms with van der Waals surface area (Å²) in [6.45, 7) is 3.16. The minimum Gasteiger partial charge on any atom is -0.465 e. The molecule has 6 heteroatoms. The minimum atomic E-state index is -0.304. The summed E-state index contributed by atoms with van der Waals surface area (Å²) in [5.41, 5.74) is 2.60. The van der Waals surface area contributed by atoms with Gasteiger partial charge in [0.2, 0.25) is 0 Å². The molecule has 0 atom stereocenters. The Bertz CT molecular complexity index is 1210. The zero-order chi connectivity index (χ0) is 24.5. The average molecular weight is 524 g/mol. The Morgan fingerprint density at radius 1 is 0.800 bits per heavy atom. The van der Waals surface area contributed by atoms with E-state index in [0.29, 0.717) is 5.56 Å². The fraction of sp³-hybridized carbons (Fsp3) is 0.345. The maximum Gasteiger partial charge on any atom is 0.337 e. The Kier molecular flexibility index (Phi) is 9.57. The Balaban J connectivity index is 1.45. The molecule has 3 aromatic heterocycles. The van der Waals surface area contributed by atoms with Gasteiger partial charge >= 0.3 is 5.97 Å². The standard InChI is InChI=1S/C29H33NO2S3/c1-3-4-5-6-7-8-9-16-30-23-19-21(18-22(20-23)29(31)32-2)24-12-13-27(34-24)28-15-14-26(35-28)25-11-10-17-33-25/h10-15,17-20,30H,3-9,16H2,1-2H3. The Hall–Kier alpha value is -2.41. The highest BCUT2D eigenvalue weighted by atomic mass is 32.1. The predicted molar refractivity (Wildman–Crippen MR) is 154 cm³/mol. The molecule has 0 fully saturated rings. The van der Waals surface area contributed by atoms with Crippen molar-refractivity contribution in [3.63, 3.8) is 0 Å². The van der Waals surface area contributed by atoms with Gasteiger partial charge in [-0.1, -0.05) is 51.5 Å². The predicted octanol–water partition coefficient (Wildman–Crippen LogP) is 9.82. The summed E-state index contributed by atoms with van der Waals surface area (Å²) in [6.07, 6.45) is 8.97. The summed E-state index contributed by atoms with van der Waals surface area (Å²) in [7, 11) is 1.44. The van der Waals surface area contributed by atoms with E-state index in [9.17, 15) is 4.79 Å². The monoisotopic (exact) mass is 523 g/mol. The van der Waals surface area contributed by atoms with E-state index in [2.05, 4.69) is 60.1 Å². The van der Waals surface area contributed by atoms with Crippen LogP contribution in [0.2, 0.25) is 0 Å². The van der Waals surface area contributed by atoms with E-state index in [1.54, 1.807) is 22.7 Å². The van der Waals surface area contributed by atoms with Crippen molar-refractivity contribution in [1.29, 1.82) is 0 Å². The quantitative estimate of drug-likeness (QED) is 0.140. The third-order valence-corrected chi connectivity index (χ3v) is 9.45. The first-order chi connectivity index (χ1) is 17.2. The molecule has 4 rings (SSSR count). The number of hydrogen-bond acceptors (Lipinski definition) is 6. The number of ether oxygens (including phenoxy) is 1. The van der Waals surface area contributed by atoms with Crippen LogP contribution in [0.1, 0.15) is 62.2 Å². The number of carbonyl (C=O) groups excluding carboxylic acids is 1. The van der Waals surface area contributed by atoms with Crippen LogP contribution in [0.5, 0.6) is 0 Å². The molecular weight excluding hydrogens is 491 g/mol. The van der Waals surface area contributed by atoms with Crippen LogP contribution in [0.4, 0.5) is 5.69 Å². The van der Waals surface area contributed by atoms with Gasteiger partial charge in [-0.2, -0.15) is 0 Å². The lowest BCUT2D eigenvalue weighted by Crippen LogP contribution is -2.05. The van der Waals surface area contributed by atoms with Crippen LogP contribution in [0.25, 0.3) is 29.9 Å². The summed E-state index contributed by atoms with van der Waals surface area (Å²) in [5, 5.41) is 5.65. The van der Waals surface area contributed by atoms with Gasteiger partial charge in [0.25, 0.3) is 0 Å². The van der Waals surface area contributed by atoms with Crippen molar-refractivity contribution in [2.24, 2.45) is 0 Å². The van der Waals surface area contributed by atoms with Gasteiger partial charge in [-0.05, 0) is 65.9 Å². The number of benzene rings is 1. The van der Waals surface area contributed by atoms with Crippen LogP contribution in [0.3, 0.4) is 0 Å². The van der Waals surface area contributed by atoms with E-state index < -0.39 is 0 Å². The zero-order valence-corrected chi connectivity index (χ0v) is 22.9. The van der Waals surface area contributed by atoms with Gasteiger partial charge in [-0.15, -0.1) is 34.0 Å². The number of carbonyl (C=O) groups is 1. The number of nitrogens with one attached hydrogen (secondary N) is 1. The molecule has 35 heavy (non-hydrogen) atoms. The summed E-state index contributed by atoms with van der Waals surface area (Å²) in [5.74, 6) is -0.304. The molecule has 0 saturated heterocycles. The molecule has 1 aromatic carbocycles. The van der Waals surface area contributed by atoms with E-state index in [4.69, 9.17) is 4.74 Å². The van der Waals surface area contributed by atoms with Crippen molar-refractivity contribution < 1.29 is 9.53 Å². The van der Waals surface area contributed by atoms with Crippen LogP contribution in [0, 0.1) is 0 Å². The second kappa shape index (κ2) is 13.1. The van der Waals surface area contributed by atoms with Crippen LogP contribution in [-0.4, -0.2) is 19.6 Å². The Morgan fingerprint density at radius 3 is 2.14 bits per heavy atom. The van der Waals surface area contributed by atoms with Gasteiger partial charge in [0.05, 0.1) is 12.7 Å². The number of hydrogen-bond donors (Lipinski definition) is 1. The largest absolute Gasteiger partial charge is 0.465 e. The molecule has 3 nitrogen and oxygen atoms in total. The first-order valence-corrected chi connectivity index (χ1v) is 14.9. The molecule has 184 valence electrons. The lowest BCUT2D eigenvalue weighted by atomic mass is 10.1. The smallest absolute Gasteiger partial charge is 0.337 e. The van der Waals surface area contributed by atoms with Crippen LogP contribution in [-0.2, 0) is 4.74 Å². The maximum atomic E-state index is 12.3. The van der Waals surface area contributed by atoms with Gasteiger partial charge in [-0.25, -0.2) is 4.79 Å². The second-order valence-corrected chi connectivity index (χ2v) is 11.8. The number of esters is 1. The Morgan fingerprint density at radius 2 is 1.46 bits per heavy atom. The lowest BCUT2D eigenvalue weighted by molar-refractivity contribution is 0.0601. The van der Waals surface area contributed by atoms with Crippen molar-refractivity contribution >= 4 is 45.7 Å². The molecule has 0 aliphatic rings. The molecule has 1 N–H and O–H groups in total. The van der Waals surface area contributed by atoms with Crippen molar-refractivity contribution in [2.75, 3.05) is 19.0 Å². The van der Waals surface area contributed by atoms with Crippen LogP contribution < -0.4 is 5.32 Å². The van der Waals surface area contributed by atoms with E-state index in [-0.39, 0.29) is 5.97 Å². The van der Waals surface area contributed by atoms with Gasteiger partial charge in [0.1, 0.15) is 0 Å². The molecular formula is C29H33NO2S3. The van der Waals surface area contributed by atoms with E-state index in [0.717, 1.165) is 29.1 Å². The van der Waals surface area contributed by atoms with E-state index in [1.165, 1.54) is 65.1 Å². The number of rotatable bonds is 13. The summed E-state index contributed by atoms with van der Waals surface area (Å²) in [6, 6.07) is 19.0. The maximum absolute atomic E-state index is 12.3. The van der Waals surface area contributed by atoms with Crippen LogP contribution in [0.15, 0.2) is 60.0 Å². The van der Waals surface area contributed by atoms with Gasteiger partial charge in [0, 0.05) is 36.6 Å². The number of thiophene rings is 3. The minimum absolute atomic E-state index is 0.304. The lowest BCUT2D eigenvalue weighted by Gasteiger charge is -2.11. The van der Waals surface area contributed by atoms with Crippen molar-refractivity contribution in [3.05, 3.63) is 65.5 Å². The third-order valence-electron chi connectivity index (χ3n) is 5.97.